The van der Waals surface area contributed by atoms with Crippen LogP contribution in [0.25, 0.3) is 38.7 Å². The zero-order valence-corrected chi connectivity index (χ0v) is 49.6. The number of hydrogen-bond acceptors (Lipinski definition) is 14. The van der Waals surface area contributed by atoms with E-state index in [0.717, 1.165) is 116 Å². The minimum absolute atomic E-state index is 0. The van der Waals surface area contributed by atoms with Crippen LogP contribution < -0.4 is 0 Å². The van der Waals surface area contributed by atoms with E-state index >= 15 is 0 Å². The maximum atomic E-state index is 12.3. The maximum absolute atomic E-state index is 12.3. The molecule has 2 saturated heterocycles. The standard InChI is InChI=1S/C19H24N2O3.C19H22N2O3.C14H15ClN2O2.C11H19BO3.2CH4/c2*1-2-24-19(22)17-11-15-5-6-16(14-7-9-23-10-8-14)20-18(15)21(17)12-13-3-4-13;1-2-19-14(18)11-7-10-5-6-12(15)16-13(10)17(11)8-9-3-4-9;1-10(2)11(3,4)15-12(14-10)9-5-7-13-8-6-9;;/h5-6,11,13-14H,2-4,7-10,12H2,1H3;5-7,11,13H,2-4,8-10,12H2,1H3;5-7,9H,2-4,8H2,1H3;5H,6-8H2,1-4H3;2*1H4. The number of carbonyl (C=O) groups excluding carboxylic acids is 3. The van der Waals surface area contributed by atoms with E-state index in [1.54, 1.807) is 13.0 Å². The number of rotatable bonds is 15. The molecule has 0 aromatic carbocycles. The van der Waals surface area contributed by atoms with Crippen molar-refractivity contribution >= 4 is 75.3 Å². The monoisotopic (exact) mass is 1170 g/mol. The maximum Gasteiger partial charge on any atom is 0.490 e. The molecule has 10 heterocycles. The number of pyridine rings is 3. The van der Waals surface area contributed by atoms with E-state index in [1.807, 2.05) is 53.3 Å². The van der Waals surface area contributed by atoms with Crippen molar-refractivity contribution in [1.82, 2.24) is 28.7 Å². The lowest BCUT2D eigenvalue weighted by molar-refractivity contribution is 0.00578. The third kappa shape index (κ3) is 15.6. The summed E-state index contributed by atoms with van der Waals surface area (Å²) in [6.07, 6.45) is 15.4. The number of hydrogen-bond donors (Lipinski definition) is 0. The van der Waals surface area contributed by atoms with E-state index in [-0.39, 0.29) is 51.1 Å². The molecule has 0 radical (unpaired) electrons. The minimum atomic E-state index is -0.294. The highest BCUT2D eigenvalue weighted by Crippen LogP contribution is 2.40. The van der Waals surface area contributed by atoms with Gasteiger partial charge in [0.25, 0.3) is 0 Å². The Balaban J connectivity index is 0.000000147. The molecule has 13 rings (SSSR count). The van der Waals surface area contributed by atoms with Crippen LogP contribution in [0, 0.1) is 17.8 Å². The first-order valence-corrected chi connectivity index (χ1v) is 30.2. The first kappa shape index (κ1) is 64.1. The summed E-state index contributed by atoms with van der Waals surface area (Å²) in [6.45, 7) is 21.9. The van der Waals surface area contributed by atoms with Crippen LogP contribution in [0.4, 0.5) is 0 Å². The van der Waals surface area contributed by atoms with Crippen molar-refractivity contribution < 1.29 is 52.1 Å². The van der Waals surface area contributed by atoms with E-state index in [4.69, 9.17) is 59.3 Å². The van der Waals surface area contributed by atoms with Crippen molar-refractivity contribution in [1.29, 1.82) is 0 Å². The second-order valence-corrected chi connectivity index (χ2v) is 23.7. The van der Waals surface area contributed by atoms with Crippen LogP contribution in [-0.4, -0.2) is 124 Å². The fourth-order valence-electron chi connectivity index (χ4n) is 10.6. The van der Waals surface area contributed by atoms with Crippen molar-refractivity contribution in [3.8, 4) is 0 Å². The predicted octanol–water partition coefficient (Wildman–Crippen LogP) is 13.5. The molecule has 19 heteroatoms. The highest BCUT2D eigenvalue weighted by Gasteiger charge is 2.52. The largest absolute Gasteiger partial charge is 0.490 e. The summed E-state index contributed by atoms with van der Waals surface area (Å²) < 4.78 is 49.7. The molecule has 4 aliphatic heterocycles. The van der Waals surface area contributed by atoms with Crippen LogP contribution in [-0.2, 0) is 57.4 Å². The van der Waals surface area contributed by atoms with Crippen LogP contribution >= 0.6 is 11.6 Å². The molecule has 0 bridgehead atoms. The smallest absolute Gasteiger partial charge is 0.461 e. The molecule has 5 fully saturated rings. The van der Waals surface area contributed by atoms with E-state index in [9.17, 15) is 14.4 Å². The first-order valence-electron chi connectivity index (χ1n) is 29.8. The molecule has 3 saturated carbocycles. The second-order valence-electron chi connectivity index (χ2n) is 23.4. The lowest BCUT2D eigenvalue weighted by Crippen LogP contribution is -2.41. The van der Waals surface area contributed by atoms with Crippen LogP contribution in [0.2, 0.25) is 5.15 Å². The lowest BCUT2D eigenvalue weighted by atomic mass is 9.75. The Morgan fingerprint density at radius 3 is 1.44 bits per heavy atom. The van der Waals surface area contributed by atoms with E-state index in [2.05, 4.69) is 67.6 Å². The van der Waals surface area contributed by atoms with Gasteiger partial charge in [-0.2, -0.15) is 0 Å². The van der Waals surface area contributed by atoms with Crippen molar-refractivity contribution in [3.05, 3.63) is 106 Å². The number of halogens is 1. The number of carbonyl (C=O) groups is 3. The average molecular weight is 1180 g/mol. The Labute approximate surface area is 501 Å². The summed E-state index contributed by atoms with van der Waals surface area (Å²) in [7, 11) is -0.182. The van der Waals surface area contributed by atoms with Gasteiger partial charge in [0.15, 0.2) is 0 Å². The SMILES string of the molecule is C.C.CC1(C)OB(C2=CCOCC2)OC1(C)C.CCOC(=O)c1cc2ccc(C3=CCOCC3)nc2n1CC1CC1.CCOC(=O)c1cc2ccc(C3CCOCC3)nc2n1CC1CC1.CCOC(=O)c1cc2ccc(Cl)nc2n1CC1CC1. The molecular formula is C65H88BClN6O11. The van der Waals surface area contributed by atoms with Crippen LogP contribution in [0.15, 0.2) is 72.2 Å². The van der Waals surface area contributed by atoms with Gasteiger partial charge in [0.1, 0.15) is 39.2 Å². The third-order valence-electron chi connectivity index (χ3n) is 16.6. The van der Waals surface area contributed by atoms with E-state index < -0.39 is 0 Å². The predicted molar refractivity (Wildman–Crippen MR) is 330 cm³/mol. The molecule has 84 heavy (non-hydrogen) atoms. The van der Waals surface area contributed by atoms with Gasteiger partial charge in [-0.3, -0.25) is 0 Å². The van der Waals surface area contributed by atoms with Crippen molar-refractivity contribution in [2.45, 2.75) is 164 Å². The molecule has 3 aliphatic carbocycles. The zero-order valence-electron chi connectivity index (χ0n) is 48.8. The minimum Gasteiger partial charge on any atom is -0.461 e. The quantitative estimate of drug-likeness (QED) is 0.0410. The molecular weight excluding hydrogens is 1090 g/mol. The molecule has 0 spiro atoms. The van der Waals surface area contributed by atoms with Gasteiger partial charge >= 0.3 is 25.0 Å². The lowest BCUT2D eigenvalue weighted by Gasteiger charge is -2.32. The Hall–Kier alpha value is -5.89. The molecule has 454 valence electrons. The summed E-state index contributed by atoms with van der Waals surface area (Å²) in [5, 5.41) is 3.38. The van der Waals surface area contributed by atoms with Crippen molar-refractivity contribution in [3.63, 3.8) is 0 Å². The van der Waals surface area contributed by atoms with Gasteiger partial charge in [-0.25, -0.2) is 29.3 Å². The number of esters is 3. The number of aromatic nitrogens is 6. The normalized spacial score (nSPS) is 19.0. The van der Waals surface area contributed by atoms with E-state index in [0.29, 0.717) is 78.9 Å². The van der Waals surface area contributed by atoms with Gasteiger partial charge in [0, 0.05) is 60.6 Å². The Morgan fingerprint density at radius 1 is 0.560 bits per heavy atom. The molecule has 0 amide bonds. The Bertz CT molecular complexity index is 3290. The van der Waals surface area contributed by atoms with Crippen molar-refractivity contribution in [2.24, 2.45) is 17.8 Å². The summed E-state index contributed by atoms with van der Waals surface area (Å²) in [5.41, 5.74) is 8.46. The fourth-order valence-corrected chi connectivity index (χ4v) is 10.8. The second kappa shape index (κ2) is 28.5. The summed E-state index contributed by atoms with van der Waals surface area (Å²) in [6, 6.07) is 17.6. The molecule has 0 atom stereocenters. The molecule has 0 N–H and O–H groups in total. The number of fused-ring (bicyclic) bond motifs is 3. The molecule has 6 aromatic heterocycles. The van der Waals surface area contributed by atoms with Gasteiger partial charge in [0.2, 0.25) is 0 Å². The van der Waals surface area contributed by atoms with E-state index in [1.165, 1.54) is 49.6 Å². The zero-order chi connectivity index (χ0) is 57.5. The topological polar surface area (TPSA) is 179 Å². The highest BCUT2D eigenvalue weighted by molar-refractivity contribution is 6.54. The van der Waals surface area contributed by atoms with Crippen LogP contribution in [0.3, 0.4) is 0 Å². The van der Waals surface area contributed by atoms with Crippen LogP contribution in [0.1, 0.15) is 176 Å². The van der Waals surface area contributed by atoms with Gasteiger partial charge < -0.3 is 51.4 Å². The molecule has 6 aromatic rings. The molecule has 7 aliphatic rings. The summed E-state index contributed by atoms with van der Waals surface area (Å²) in [4.78, 5) is 50.8. The Kier molecular flexibility index (Phi) is 21.8. The Morgan fingerprint density at radius 2 is 1.00 bits per heavy atom. The highest BCUT2D eigenvalue weighted by atomic mass is 35.5. The first-order chi connectivity index (χ1) is 39.6. The average Bonchev–Trinajstić information content (AvgIpc) is 3.57. The van der Waals surface area contributed by atoms with Crippen molar-refractivity contribution in [2.75, 3.05) is 59.5 Å². The van der Waals surface area contributed by atoms with Gasteiger partial charge in [0.05, 0.1) is 63.1 Å². The summed E-state index contributed by atoms with van der Waals surface area (Å²) >= 11 is 5.95. The molecule has 0 unspecified atom stereocenters. The fraction of sp³-hybridized carbons (Fsp3) is 0.569. The van der Waals surface area contributed by atoms with Gasteiger partial charge in [-0.1, -0.05) is 38.6 Å². The number of nitrogens with zero attached hydrogens (tertiary/aromatic N) is 6. The third-order valence-corrected chi connectivity index (χ3v) is 16.8. The summed E-state index contributed by atoms with van der Waals surface area (Å²) in [5.74, 6) is 1.62. The van der Waals surface area contributed by atoms with Crippen LogP contribution in [0.5, 0.6) is 0 Å². The van der Waals surface area contributed by atoms with Gasteiger partial charge in [-0.15, -0.1) is 0 Å². The number of ether oxygens (including phenoxy) is 6. The molecule has 17 nitrogen and oxygen atoms in total. The van der Waals surface area contributed by atoms with Gasteiger partial charge in [-0.05, 0) is 196 Å².